The third-order valence-electron chi connectivity index (χ3n) is 3.41. The fourth-order valence-electron chi connectivity index (χ4n) is 2.30. The lowest BCUT2D eigenvalue weighted by atomic mass is 10.0. The van der Waals surface area contributed by atoms with Crippen molar-refractivity contribution in [2.24, 2.45) is 0 Å². The van der Waals surface area contributed by atoms with Gasteiger partial charge in [-0.25, -0.2) is 19.3 Å². The average molecular weight is 456 g/mol. The lowest BCUT2D eigenvalue weighted by Gasteiger charge is -2.32. The van der Waals surface area contributed by atoms with E-state index in [1.807, 2.05) is 0 Å². The fourth-order valence-corrected chi connectivity index (χ4v) is 2.30. The third kappa shape index (κ3) is 13.0. The quantitative estimate of drug-likeness (QED) is 0.289. The van der Waals surface area contributed by atoms with Crippen molar-refractivity contribution in [2.75, 3.05) is 0 Å². The number of ketones is 1. The summed E-state index contributed by atoms with van der Waals surface area (Å²) in [7, 11) is 0. The van der Waals surface area contributed by atoms with Gasteiger partial charge in [0.2, 0.25) is 0 Å². The predicted molar refractivity (Wildman–Crippen MR) is 118 cm³/mol. The van der Waals surface area contributed by atoms with Gasteiger partial charge >= 0.3 is 18.2 Å². The van der Waals surface area contributed by atoms with Crippen LogP contribution in [0.3, 0.4) is 0 Å². The molecule has 0 aliphatic carbocycles. The normalized spacial score (nSPS) is 13.7. The Morgan fingerprint density at radius 2 is 1.19 bits per heavy atom. The van der Waals surface area contributed by atoms with Crippen molar-refractivity contribution < 1.29 is 38.5 Å². The van der Waals surface area contributed by atoms with Crippen molar-refractivity contribution in [1.29, 1.82) is 0 Å². The molecular formula is C23H37NO8. The van der Waals surface area contributed by atoms with Crippen molar-refractivity contribution in [3.05, 3.63) is 0 Å². The Morgan fingerprint density at radius 1 is 0.781 bits per heavy atom. The number of aliphatic hydroxyl groups excluding tert-OH is 1. The Hall–Kier alpha value is -2.60. The van der Waals surface area contributed by atoms with Crippen LogP contribution in [-0.4, -0.2) is 62.9 Å². The Morgan fingerprint density at radius 3 is 1.53 bits per heavy atom. The number of esters is 1. The summed E-state index contributed by atoms with van der Waals surface area (Å²) in [6, 6.07) is -1.25. The number of rotatable bonds is 5. The molecule has 2 amide bonds. The van der Waals surface area contributed by atoms with Crippen LogP contribution in [0.25, 0.3) is 0 Å². The highest BCUT2D eigenvalue weighted by molar-refractivity contribution is 5.95. The topological polar surface area (TPSA) is 119 Å². The SMILES string of the molecule is CC(=O)[C@H](CCC(O)C#CC(=O)OC(C)(C)C)N(C(=O)OC(C)(C)C)C(=O)OC(C)(C)C. The van der Waals surface area contributed by atoms with Gasteiger partial charge in [0.1, 0.15) is 28.9 Å². The molecule has 2 atom stereocenters. The van der Waals surface area contributed by atoms with Crippen molar-refractivity contribution in [1.82, 2.24) is 4.90 Å². The Bertz CT molecular complexity index is 728. The van der Waals surface area contributed by atoms with Crippen molar-refractivity contribution in [3.8, 4) is 11.8 Å². The number of carbonyl (C=O) groups excluding carboxylic acids is 4. The van der Waals surface area contributed by atoms with Gasteiger partial charge in [-0.1, -0.05) is 5.92 Å². The molecule has 0 aromatic carbocycles. The molecule has 1 N–H and O–H groups in total. The Kier molecular flexibility index (Phi) is 10.4. The first-order chi connectivity index (χ1) is 14.2. The standard InChI is InChI=1S/C23H37NO8/c1-15(25)17(13-11-16(26)12-14-18(27)30-21(2,3)4)24(19(28)31-22(5,6)7)20(29)32-23(8,9)10/h16-17,26H,11,13H2,1-10H3/t16?,17-/m0/s1. The minimum absolute atomic E-state index is 0.0951. The fraction of sp³-hybridized carbons (Fsp3) is 0.739. The van der Waals surface area contributed by atoms with Crippen molar-refractivity contribution in [2.45, 2.75) is 111 Å². The first-order valence-corrected chi connectivity index (χ1v) is 10.4. The third-order valence-corrected chi connectivity index (χ3v) is 3.41. The van der Waals surface area contributed by atoms with E-state index in [4.69, 9.17) is 14.2 Å². The monoisotopic (exact) mass is 455 g/mol. The van der Waals surface area contributed by atoms with Crippen LogP contribution in [0, 0.1) is 11.8 Å². The number of amides is 2. The van der Waals surface area contributed by atoms with Crippen LogP contribution < -0.4 is 0 Å². The van der Waals surface area contributed by atoms with Gasteiger partial charge in [-0.15, -0.1) is 0 Å². The summed E-state index contributed by atoms with van der Waals surface area (Å²) in [5, 5.41) is 10.1. The second-order valence-corrected chi connectivity index (χ2v) is 10.3. The van der Waals surface area contributed by atoms with Gasteiger partial charge in [0.25, 0.3) is 0 Å². The largest absolute Gasteiger partial charge is 0.450 e. The van der Waals surface area contributed by atoms with Crippen molar-refractivity contribution in [3.63, 3.8) is 0 Å². The lowest BCUT2D eigenvalue weighted by molar-refractivity contribution is -0.147. The molecule has 0 fully saturated rings. The molecular weight excluding hydrogens is 418 g/mol. The molecule has 9 heteroatoms. The van der Waals surface area contributed by atoms with Crippen LogP contribution in [0.4, 0.5) is 9.59 Å². The molecule has 0 rings (SSSR count). The van der Waals surface area contributed by atoms with Gasteiger partial charge < -0.3 is 19.3 Å². The van der Waals surface area contributed by atoms with Gasteiger partial charge in [0.15, 0.2) is 5.78 Å². The van der Waals surface area contributed by atoms with Gasteiger partial charge in [-0.2, -0.15) is 0 Å². The highest BCUT2D eigenvalue weighted by Gasteiger charge is 2.38. The number of hydrogen-bond acceptors (Lipinski definition) is 8. The van der Waals surface area contributed by atoms with E-state index in [2.05, 4.69) is 11.8 Å². The molecule has 0 aromatic rings. The van der Waals surface area contributed by atoms with Crippen LogP contribution in [0.15, 0.2) is 0 Å². The second-order valence-electron chi connectivity index (χ2n) is 10.3. The predicted octanol–water partition coefficient (Wildman–Crippen LogP) is 3.60. The summed E-state index contributed by atoms with van der Waals surface area (Å²) in [4.78, 5) is 50.0. The average Bonchev–Trinajstić information content (AvgIpc) is 2.51. The van der Waals surface area contributed by atoms with E-state index in [1.54, 1.807) is 62.3 Å². The van der Waals surface area contributed by atoms with Crippen LogP contribution in [0.5, 0.6) is 0 Å². The highest BCUT2D eigenvalue weighted by atomic mass is 16.6. The molecule has 0 aliphatic rings. The zero-order chi connectivity index (χ0) is 25.5. The molecule has 32 heavy (non-hydrogen) atoms. The summed E-state index contributed by atoms with van der Waals surface area (Å²) in [5.41, 5.74) is -2.56. The summed E-state index contributed by atoms with van der Waals surface area (Å²) in [6.45, 7) is 16.0. The van der Waals surface area contributed by atoms with E-state index in [-0.39, 0.29) is 12.8 Å². The van der Waals surface area contributed by atoms with E-state index >= 15 is 0 Å². The summed E-state index contributed by atoms with van der Waals surface area (Å²) in [5.74, 6) is 3.22. The maximum Gasteiger partial charge on any atom is 0.420 e. The summed E-state index contributed by atoms with van der Waals surface area (Å²) >= 11 is 0. The van der Waals surface area contributed by atoms with Gasteiger partial charge in [-0.3, -0.25) is 4.79 Å². The second kappa shape index (κ2) is 11.3. The van der Waals surface area contributed by atoms with Gasteiger partial charge in [0, 0.05) is 5.92 Å². The number of carbonyl (C=O) groups is 4. The number of imide groups is 1. The lowest BCUT2D eigenvalue weighted by Crippen LogP contribution is -2.51. The molecule has 0 heterocycles. The van der Waals surface area contributed by atoms with E-state index in [0.717, 1.165) is 0 Å². The molecule has 9 nitrogen and oxygen atoms in total. The number of Topliss-reactive ketones (excluding diaryl/α,β-unsaturated/α-hetero) is 1. The molecule has 0 spiro atoms. The summed E-state index contributed by atoms with van der Waals surface area (Å²) < 4.78 is 15.6. The van der Waals surface area contributed by atoms with Crippen LogP contribution >= 0.6 is 0 Å². The van der Waals surface area contributed by atoms with E-state index in [0.29, 0.717) is 4.90 Å². The van der Waals surface area contributed by atoms with E-state index < -0.39 is 52.9 Å². The molecule has 0 aliphatic heterocycles. The first-order valence-electron chi connectivity index (χ1n) is 10.4. The van der Waals surface area contributed by atoms with E-state index in [1.165, 1.54) is 6.92 Å². The minimum Gasteiger partial charge on any atom is -0.450 e. The van der Waals surface area contributed by atoms with Crippen molar-refractivity contribution >= 4 is 23.9 Å². The van der Waals surface area contributed by atoms with Crippen LogP contribution in [0.1, 0.15) is 82.1 Å². The summed E-state index contributed by atoms with van der Waals surface area (Å²) in [6.07, 6.45) is -3.58. The number of ether oxygens (including phenoxy) is 3. The minimum atomic E-state index is -1.29. The Labute approximate surface area is 190 Å². The number of nitrogens with zero attached hydrogens (tertiary/aromatic N) is 1. The van der Waals surface area contributed by atoms with E-state index in [9.17, 15) is 24.3 Å². The number of hydrogen-bond donors (Lipinski definition) is 1. The molecule has 0 aromatic heterocycles. The zero-order valence-electron chi connectivity index (χ0n) is 20.8. The van der Waals surface area contributed by atoms with Crippen LogP contribution in [0.2, 0.25) is 0 Å². The molecule has 0 radical (unpaired) electrons. The highest BCUT2D eigenvalue weighted by Crippen LogP contribution is 2.20. The molecule has 0 saturated heterocycles. The first kappa shape index (κ1) is 29.4. The smallest absolute Gasteiger partial charge is 0.420 e. The molecule has 1 unspecified atom stereocenters. The van der Waals surface area contributed by atoms with Crippen LogP contribution in [-0.2, 0) is 23.8 Å². The maximum absolute atomic E-state index is 12.7. The zero-order valence-corrected chi connectivity index (χ0v) is 20.8. The molecule has 0 bridgehead atoms. The Balaban J connectivity index is 5.59. The number of aliphatic hydroxyl groups is 1. The molecule has 0 saturated carbocycles. The maximum atomic E-state index is 12.7. The molecule has 182 valence electrons. The van der Waals surface area contributed by atoms with Gasteiger partial charge in [-0.05, 0) is 82.1 Å². The van der Waals surface area contributed by atoms with Gasteiger partial charge in [0.05, 0.1) is 0 Å².